The number of halogens is 1. The number of rotatable bonds is 2. The highest BCUT2D eigenvalue weighted by molar-refractivity contribution is 6.32. The summed E-state index contributed by atoms with van der Waals surface area (Å²) in [5, 5.41) is 4.76. The van der Waals surface area contributed by atoms with Crippen molar-refractivity contribution in [3.05, 3.63) is 65.6 Å². The summed E-state index contributed by atoms with van der Waals surface area (Å²) < 4.78 is 15.5. The molecular weight excluding hydrogens is 309 g/mol. The van der Waals surface area contributed by atoms with E-state index in [0.717, 1.165) is 16.5 Å². The first kappa shape index (κ1) is 14.3. The van der Waals surface area contributed by atoms with Crippen LogP contribution in [0.4, 0.5) is 4.39 Å². The molecule has 4 rings (SSSR count). The van der Waals surface area contributed by atoms with E-state index >= 15 is 0 Å². The van der Waals surface area contributed by atoms with Crippen molar-refractivity contribution in [1.29, 1.82) is 0 Å². The molecule has 0 radical (unpaired) electrons. The molecule has 3 heterocycles. The van der Waals surface area contributed by atoms with Gasteiger partial charge in [0, 0.05) is 42.1 Å². The van der Waals surface area contributed by atoms with E-state index in [2.05, 4.69) is 20.5 Å². The summed E-state index contributed by atoms with van der Waals surface area (Å²) in [6.45, 7) is 0. The Bertz CT molecular complexity index is 1020. The van der Waals surface area contributed by atoms with E-state index < -0.39 is 0 Å². The van der Waals surface area contributed by atoms with Gasteiger partial charge in [0.25, 0.3) is 5.91 Å². The lowest BCUT2D eigenvalue weighted by atomic mass is 10.0. The van der Waals surface area contributed by atoms with Crippen LogP contribution < -0.4 is 5.43 Å². The Balaban J connectivity index is 1.87. The number of benzene rings is 1. The Hall–Kier alpha value is -3.35. The molecule has 24 heavy (non-hydrogen) atoms. The first-order valence-corrected chi connectivity index (χ1v) is 7.24. The van der Waals surface area contributed by atoms with Gasteiger partial charge in [0.1, 0.15) is 17.2 Å². The molecule has 6 nitrogen and oxygen atoms in total. The Morgan fingerprint density at radius 1 is 1.29 bits per heavy atom. The second kappa shape index (κ2) is 5.38. The van der Waals surface area contributed by atoms with E-state index in [9.17, 15) is 9.18 Å². The average molecular weight is 321 g/mol. The minimum absolute atomic E-state index is 0.327. The zero-order chi connectivity index (χ0) is 16.7. The van der Waals surface area contributed by atoms with E-state index in [4.69, 9.17) is 0 Å². The quantitative estimate of drug-likeness (QED) is 0.734. The summed E-state index contributed by atoms with van der Waals surface area (Å²) in [6.07, 6.45) is 8.15. The molecule has 1 aromatic carbocycles. The van der Waals surface area contributed by atoms with Crippen LogP contribution in [0.5, 0.6) is 0 Å². The number of aryl methyl sites for hydroxylation is 1. The van der Waals surface area contributed by atoms with Gasteiger partial charge < -0.3 is 4.57 Å². The van der Waals surface area contributed by atoms with Crippen LogP contribution in [-0.4, -0.2) is 26.2 Å². The fraction of sp³-hybridized carbons (Fsp3) is 0.0588. The number of nitrogens with one attached hydrogen (secondary N) is 1. The van der Waals surface area contributed by atoms with Crippen molar-refractivity contribution in [3.63, 3.8) is 0 Å². The Morgan fingerprint density at radius 2 is 2.17 bits per heavy atom. The molecule has 0 unspecified atom stereocenters. The average Bonchev–Trinajstić information content (AvgIpc) is 3.10. The van der Waals surface area contributed by atoms with Crippen LogP contribution in [0.2, 0.25) is 0 Å². The molecule has 3 aromatic rings. The zero-order valence-corrected chi connectivity index (χ0v) is 12.7. The highest BCUT2D eigenvalue weighted by Crippen LogP contribution is 2.25. The van der Waals surface area contributed by atoms with Crippen LogP contribution in [0, 0.1) is 5.82 Å². The van der Waals surface area contributed by atoms with Gasteiger partial charge in [-0.25, -0.2) is 9.82 Å². The maximum absolute atomic E-state index is 13.6. The van der Waals surface area contributed by atoms with Crippen LogP contribution in [-0.2, 0) is 11.8 Å². The van der Waals surface area contributed by atoms with Gasteiger partial charge in [0.2, 0.25) is 0 Å². The van der Waals surface area contributed by atoms with Crippen LogP contribution in [0.25, 0.3) is 17.0 Å². The molecule has 1 aliphatic rings. The van der Waals surface area contributed by atoms with E-state index in [1.165, 1.54) is 24.5 Å². The zero-order valence-electron chi connectivity index (χ0n) is 12.7. The lowest BCUT2D eigenvalue weighted by molar-refractivity contribution is -0.116. The lowest BCUT2D eigenvalue weighted by Crippen LogP contribution is -2.14. The van der Waals surface area contributed by atoms with Gasteiger partial charge in [0.15, 0.2) is 0 Å². The minimum atomic E-state index is -0.330. The maximum atomic E-state index is 13.6. The molecule has 118 valence electrons. The second-order valence-corrected chi connectivity index (χ2v) is 5.41. The van der Waals surface area contributed by atoms with Crippen molar-refractivity contribution in [2.24, 2.45) is 12.1 Å². The number of fused-ring (bicyclic) bond motifs is 1. The van der Waals surface area contributed by atoms with Gasteiger partial charge in [-0.3, -0.25) is 14.8 Å². The molecule has 0 aliphatic carbocycles. The second-order valence-electron chi connectivity index (χ2n) is 5.41. The molecule has 0 atom stereocenters. The van der Waals surface area contributed by atoms with E-state index in [-0.39, 0.29) is 11.7 Å². The fourth-order valence-electron chi connectivity index (χ4n) is 2.75. The molecule has 1 amide bonds. The Morgan fingerprint density at radius 3 is 2.96 bits per heavy atom. The fourth-order valence-corrected chi connectivity index (χ4v) is 2.75. The molecule has 0 fully saturated rings. The number of hydrogen-bond acceptors (Lipinski definition) is 4. The molecule has 0 bridgehead atoms. The molecule has 1 N–H and O–H groups in total. The first-order valence-electron chi connectivity index (χ1n) is 7.24. The molecule has 7 heteroatoms. The summed E-state index contributed by atoms with van der Waals surface area (Å²) in [7, 11) is 1.87. The predicted octanol–water partition coefficient (Wildman–Crippen LogP) is 2.02. The van der Waals surface area contributed by atoms with Crippen molar-refractivity contribution in [2.75, 3.05) is 0 Å². The highest BCUT2D eigenvalue weighted by atomic mass is 19.1. The standard InChI is InChI=1S/C17H12FN5O/c1-23-9-10(12-7-11(18)2-3-15(12)23)6-13-16(21-22-17(13)24)14-8-19-4-5-20-14/h2-9H,1H3,(H,22,24)/b13-6-. The summed E-state index contributed by atoms with van der Waals surface area (Å²) >= 11 is 0. The number of amides is 1. The smallest absolute Gasteiger partial charge is 0.273 e. The monoisotopic (exact) mass is 321 g/mol. The summed E-state index contributed by atoms with van der Waals surface area (Å²) in [4.78, 5) is 20.3. The van der Waals surface area contributed by atoms with Crippen molar-refractivity contribution >= 4 is 28.6 Å². The first-order chi connectivity index (χ1) is 11.6. The molecular formula is C17H12FN5O. The van der Waals surface area contributed by atoms with Crippen LogP contribution in [0.1, 0.15) is 11.3 Å². The van der Waals surface area contributed by atoms with Crippen molar-refractivity contribution < 1.29 is 9.18 Å². The van der Waals surface area contributed by atoms with Crippen molar-refractivity contribution in [2.45, 2.75) is 0 Å². The van der Waals surface area contributed by atoms with Gasteiger partial charge in [-0.15, -0.1) is 0 Å². The highest BCUT2D eigenvalue weighted by Gasteiger charge is 2.25. The number of hydrogen-bond donors (Lipinski definition) is 1. The number of carbonyl (C=O) groups excluding carboxylic acids is 1. The van der Waals surface area contributed by atoms with E-state index in [0.29, 0.717) is 17.0 Å². The number of hydrazone groups is 1. The van der Waals surface area contributed by atoms with E-state index in [1.54, 1.807) is 18.3 Å². The van der Waals surface area contributed by atoms with Gasteiger partial charge in [-0.2, -0.15) is 5.10 Å². The molecule has 1 aliphatic heterocycles. The Kier molecular flexibility index (Phi) is 3.19. The molecule has 0 saturated heterocycles. The Labute approximate surface area is 136 Å². The third-order valence-corrected chi connectivity index (χ3v) is 3.86. The van der Waals surface area contributed by atoms with Crippen LogP contribution in [0.3, 0.4) is 0 Å². The van der Waals surface area contributed by atoms with Crippen LogP contribution in [0.15, 0.2) is 53.7 Å². The van der Waals surface area contributed by atoms with Gasteiger partial charge in [-0.1, -0.05) is 0 Å². The molecule has 2 aromatic heterocycles. The normalized spacial score (nSPS) is 15.8. The largest absolute Gasteiger partial charge is 0.350 e. The summed E-state index contributed by atoms with van der Waals surface area (Å²) in [5.41, 5.74) is 5.32. The third kappa shape index (κ3) is 2.26. The molecule has 0 spiro atoms. The third-order valence-electron chi connectivity index (χ3n) is 3.86. The number of carbonyl (C=O) groups is 1. The summed E-state index contributed by atoms with van der Waals surface area (Å²) in [6, 6.07) is 4.57. The SMILES string of the molecule is Cn1cc(/C=C2\C(=O)NN=C2c2cnccn2)c2cc(F)ccc21. The maximum Gasteiger partial charge on any atom is 0.273 e. The number of aromatic nitrogens is 3. The minimum Gasteiger partial charge on any atom is -0.350 e. The predicted molar refractivity (Wildman–Crippen MR) is 87.6 cm³/mol. The van der Waals surface area contributed by atoms with Crippen LogP contribution >= 0.6 is 0 Å². The van der Waals surface area contributed by atoms with E-state index in [1.807, 2.05) is 17.8 Å². The lowest BCUT2D eigenvalue weighted by Gasteiger charge is -2.00. The van der Waals surface area contributed by atoms with Gasteiger partial charge in [0.05, 0.1) is 11.8 Å². The topological polar surface area (TPSA) is 72.2 Å². The van der Waals surface area contributed by atoms with Gasteiger partial charge >= 0.3 is 0 Å². The summed E-state index contributed by atoms with van der Waals surface area (Å²) in [5.74, 6) is -0.656. The van der Waals surface area contributed by atoms with Crippen molar-refractivity contribution in [3.8, 4) is 0 Å². The molecule has 0 saturated carbocycles. The van der Waals surface area contributed by atoms with Gasteiger partial charge in [-0.05, 0) is 24.3 Å². The van der Waals surface area contributed by atoms with Crippen molar-refractivity contribution in [1.82, 2.24) is 20.0 Å². The number of nitrogens with zero attached hydrogens (tertiary/aromatic N) is 4.